The van der Waals surface area contributed by atoms with Gasteiger partial charge in [0, 0.05) is 24.8 Å². The first-order chi connectivity index (χ1) is 8.31. The fraction of sp³-hybridized carbons (Fsp3) is 0.615. The highest BCUT2D eigenvalue weighted by atomic mass is 35.5. The summed E-state index contributed by atoms with van der Waals surface area (Å²) in [5.41, 5.74) is 1.08. The molecule has 2 fully saturated rings. The third kappa shape index (κ3) is 3.33. The molecule has 1 aromatic rings. The van der Waals surface area contributed by atoms with Gasteiger partial charge in [-0.05, 0) is 37.2 Å². The van der Waals surface area contributed by atoms with Crippen LogP contribution in [0.1, 0.15) is 31.2 Å². The summed E-state index contributed by atoms with van der Waals surface area (Å²) < 4.78 is 5.65. The number of halogens is 1. The van der Waals surface area contributed by atoms with Gasteiger partial charge in [-0.3, -0.25) is 0 Å². The molecule has 2 aliphatic rings. The first-order valence-electron chi connectivity index (χ1n) is 6.32. The molecule has 3 nitrogen and oxygen atoms in total. The standard InChI is InChI=1S/C13H17ClN2O/c14-12-7-16-13(17-8-9-1-2-9)5-10(12)6-15-11-3-4-11/h5,7,9,11,15H,1-4,6,8H2. The normalized spacial score (nSPS) is 19.4. The highest BCUT2D eigenvalue weighted by Crippen LogP contribution is 2.30. The molecule has 0 bridgehead atoms. The largest absolute Gasteiger partial charge is 0.477 e. The number of nitrogens with one attached hydrogen (secondary N) is 1. The Morgan fingerprint density at radius 2 is 2.18 bits per heavy atom. The van der Waals surface area contributed by atoms with Crippen molar-refractivity contribution < 1.29 is 4.74 Å². The van der Waals surface area contributed by atoms with Crippen LogP contribution in [-0.4, -0.2) is 17.6 Å². The molecule has 0 aliphatic heterocycles. The molecular weight excluding hydrogens is 236 g/mol. The second-order valence-corrected chi connectivity index (χ2v) is 5.43. The van der Waals surface area contributed by atoms with E-state index in [1.165, 1.54) is 25.7 Å². The number of ether oxygens (including phenoxy) is 1. The van der Waals surface area contributed by atoms with E-state index in [9.17, 15) is 0 Å². The zero-order valence-corrected chi connectivity index (χ0v) is 10.5. The molecule has 1 N–H and O–H groups in total. The molecule has 1 heterocycles. The quantitative estimate of drug-likeness (QED) is 0.845. The molecule has 0 atom stereocenters. The van der Waals surface area contributed by atoms with Crippen molar-refractivity contribution in [1.82, 2.24) is 10.3 Å². The number of nitrogens with zero attached hydrogens (tertiary/aromatic N) is 1. The van der Waals surface area contributed by atoms with Crippen molar-refractivity contribution in [2.24, 2.45) is 5.92 Å². The van der Waals surface area contributed by atoms with Gasteiger partial charge in [-0.2, -0.15) is 0 Å². The van der Waals surface area contributed by atoms with E-state index in [0.717, 1.165) is 29.7 Å². The molecule has 0 unspecified atom stereocenters. The predicted molar refractivity (Wildman–Crippen MR) is 67.3 cm³/mol. The molecular formula is C13H17ClN2O. The van der Waals surface area contributed by atoms with E-state index in [2.05, 4.69) is 10.3 Å². The SMILES string of the molecule is Clc1cnc(OCC2CC2)cc1CNC1CC1. The summed E-state index contributed by atoms with van der Waals surface area (Å²) in [6.07, 6.45) is 6.85. The van der Waals surface area contributed by atoms with Crippen LogP contribution in [0.4, 0.5) is 0 Å². The van der Waals surface area contributed by atoms with Crippen LogP contribution in [0.3, 0.4) is 0 Å². The minimum Gasteiger partial charge on any atom is -0.477 e. The van der Waals surface area contributed by atoms with Gasteiger partial charge in [0.2, 0.25) is 5.88 Å². The second-order valence-electron chi connectivity index (χ2n) is 5.02. The van der Waals surface area contributed by atoms with Gasteiger partial charge < -0.3 is 10.1 Å². The van der Waals surface area contributed by atoms with Crippen LogP contribution in [0.2, 0.25) is 5.02 Å². The summed E-state index contributed by atoms with van der Waals surface area (Å²) >= 11 is 6.12. The van der Waals surface area contributed by atoms with E-state index in [-0.39, 0.29) is 0 Å². The van der Waals surface area contributed by atoms with Crippen molar-refractivity contribution in [2.75, 3.05) is 6.61 Å². The Morgan fingerprint density at radius 1 is 1.35 bits per heavy atom. The average molecular weight is 253 g/mol. The van der Waals surface area contributed by atoms with Gasteiger partial charge in [0.05, 0.1) is 11.6 Å². The van der Waals surface area contributed by atoms with Gasteiger partial charge in [-0.1, -0.05) is 11.6 Å². The summed E-state index contributed by atoms with van der Waals surface area (Å²) in [4.78, 5) is 4.20. The molecule has 0 aromatic carbocycles. The van der Waals surface area contributed by atoms with Crippen LogP contribution in [0.25, 0.3) is 0 Å². The van der Waals surface area contributed by atoms with Crippen LogP contribution in [0.5, 0.6) is 5.88 Å². The fourth-order valence-electron chi connectivity index (χ4n) is 1.70. The van der Waals surface area contributed by atoms with Gasteiger partial charge in [-0.15, -0.1) is 0 Å². The lowest BCUT2D eigenvalue weighted by Gasteiger charge is -2.09. The van der Waals surface area contributed by atoms with Gasteiger partial charge in [-0.25, -0.2) is 4.98 Å². The molecule has 2 saturated carbocycles. The lowest BCUT2D eigenvalue weighted by molar-refractivity contribution is 0.288. The minimum atomic E-state index is 0.690. The Bertz CT molecular complexity index is 402. The average Bonchev–Trinajstić information content (AvgIpc) is 3.20. The first kappa shape index (κ1) is 11.3. The zero-order valence-electron chi connectivity index (χ0n) is 9.79. The van der Waals surface area contributed by atoms with Crippen molar-refractivity contribution in [3.05, 3.63) is 22.8 Å². The van der Waals surface area contributed by atoms with E-state index in [1.54, 1.807) is 6.20 Å². The lowest BCUT2D eigenvalue weighted by atomic mass is 10.2. The molecule has 2 aliphatic carbocycles. The zero-order chi connectivity index (χ0) is 11.7. The Labute approximate surface area is 107 Å². The highest BCUT2D eigenvalue weighted by Gasteiger charge is 2.23. The molecule has 4 heteroatoms. The van der Waals surface area contributed by atoms with Gasteiger partial charge in [0.15, 0.2) is 0 Å². The molecule has 1 aromatic heterocycles. The van der Waals surface area contributed by atoms with E-state index in [1.807, 2.05) is 6.07 Å². The molecule has 0 saturated heterocycles. The summed E-state index contributed by atoms with van der Waals surface area (Å²) in [6.45, 7) is 1.61. The topological polar surface area (TPSA) is 34.1 Å². The molecule has 92 valence electrons. The summed E-state index contributed by atoms with van der Waals surface area (Å²) in [5, 5.41) is 4.17. The van der Waals surface area contributed by atoms with Crippen LogP contribution >= 0.6 is 11.6 Å². The van der Waals surface area contributed by atoms with Crippen molar-refractivity contribution in [1.29, 1.82) is 0 Å². The maximum absolute atomic E-state index is 6.12. The van der Waals surface area contributed by atoms with Gasteiger partial charge >= 0.3 is 0 Å². The Kier molecular flexibility index (Phi) is 3.21. The molecule has 0 radical (unpaired) electrons. The molecule has 0 spiro atoms. The Morgan fingerprint density at radius 3 is 2.88 bits per heavy atom. The van der Waals surface area contributed by atoms with E-state index >= 15 is 0 Å². The van der Waals surface area contributed by atoms with Crippen molar-refractivity contribution in [3.63, 3.8) is 0 Å². The summed E-state index contributed by atoms with van der Waals surface area (Å²) in [7, 11) is 0. The fourth-order valence-corrected chi connectivity index (χ4v) is 1.87. The van der Waals surface area contributed by atoms with Crippen molar-refractivity contribution in [2.45, 2.75) is 38.3 Å². The van der Waals surface area contributed by atoms with E-state index in [0.29, 0.717) is 11.9 Å². The maximum atomic E-state index is 6.12. The van der Waals surface area contributed by atoms with Crippen LogP contribution in [-0.2, 0) is 6.54 Å². The number of aromatic nitrogens is 1. The molecule has 3 rings (SSSR count). The third-order valence-electron chi connectivity index (χ3n) is 3.23. The smallest absolute Gasteiger partial charge is 0.213 e. The monoisotopic (exact) mass is 252 g/mol. The van der Waals surface area contributed by atoms with E-state index in [4.69, 9.17) is 16.3 Å². The maximum Gasteiger partial charge on any atom is 0.213 e. The Hall–Kier alpha value is -0.800. The van der Waals surface area contributed by atoms with Crippen LogP contribution in [0, 0.1) is 5.92 Å². The van der Waals surface area contributed by atoms with Crippen molar-refractivity contribution >= 4 is 11.6 Å². The minimum absolute atomic E-state index is 0.690. The number of hydrogen-bond acceptors (Lipinski definition) is 3. The number of pyridine rings is 1. The summed E-state index contributed by atoms with van der Waals surface area (Å²) in [6, 6.07) is 2.65. The van der Waals surface area contributed by atoms with Crippen molar-refractivity contribution in [3.8, 4) is 5.88 Å². The van der Waals surface area contributed by atoms with E-state index < -0.39 is 0 Å². The third-order valence-corrected chi connectivity index (χ3v) is 3.57. The van der Waals surface area contributed by atoms with Crippen LogP contribution < -0.4 is 10.1 Å². The molecule has 0 amide bonds. The van der Waals surface area contributed by atoms with Gasteiger partial charge in [0.1, 0.15) is 0 Å². The van der Waals surface area contributed by atoms with Crippen LogP contribution in [0.15, 0.2) is 12.3 Å². The summed E-state index contributed by atoms with van der Waals surface area (Å²) in [5.74, 6) is 1.45. The number of hydrogen-bond donors (Lipinski definition) is 1. The first-order valence-corrected chi connectivity index (χ1v) is 6.69. The predicted octanol–water partition coefficient (Wildman–Crippen LogP) is 2.78. The number of rotatable bonds is 6. The highest BCUT2D eigenvalue weighted by molar-refractivity contribution is 6.31. The lowest BCUT2D eigenvalue weighted by Crippen LogP contribution is -2.15. The molecule has 17 heavy (non-hydrogen) atoms. The second kappa shape index (κ2) is 4.83. The van der Waals surface area contributed by atoms with Gasteiger partial charge in [0.25, 0.3) is 0 Å². The Balaban J connectivity index is 1.60.